The first-order valence-corrected chi connectivity index (χ1v) is 7.27. The zero-order valence-corrected chi connectivity index (χ0v) is 12.6. The number of primary amides is 1. The minimum atomic E-state index is -0.311. The molecule has 1 aromatic heterocycles. The molecule has 0 spiro atoms. The number of pyridine rings is 1. The Morgan fingerprint density at radius 1 is 1.45 bits per heavy atom. The summed E-state index contributed by atoms with van der Waals surface area (Å²) in [4.78, 5) is 28.9. The van der Waals surface area contributed by atoms with Gasteiger partial charge < -0.3 is 11.1 Å². The van der Waals surface area contributed by atoms with Crippen LogP contribution in [0.2, 0.25) is 0 Å². The maximum atomic E-state index is 12.1. The van der Waals surface area contributed by atoms with Gasteiger partial charge in [-0.15, -0.1) is 0 Å². The normalized spacial score (nSPS) is 16.9. The van der Waals surface area contributed by atoms with Gasteiger partial charge in [-0.1, -0.05) is 0 Å². The minimum absolute atomic E-state index is 0.0959. The fraction of sp³-hybridized carbons (Fsp3) is 0.462. The number of hydrogen-bond donors (Lipinski definition) is 2. The van der Waals surface area contributed by atoms with Crippen LogP contribution in [-0.4, -0.2) is 47.4 Å². The van der Waals surface area contributed by atoms with E-state index in [1.54, 1.807) is 18.3 Å². The van der Waals surface area contributed by atoms with Crippen LogP contribution >= 0.6 is 15.9 Å². The van der Waals surface area contributed by atoms with E-state index < -0.39 is 0 Å². The van der Waals surface area contributed by atoms with Gasteiger partial charge in [-0.05, 0) is 40.9 Å². The summed E-state index contributed by atoms with van der Waals surface area (Å²) in [6.07, 6.45) is 3.24. The van der Waals surface area contributed by atoms with Gasteiger partial charge in [0.15, 0.2) is 0 Å². The molecular formula is C13H17BrN4O2. The van der Waals surface area contributed by atoms with Crippen LogP contribution in [0.3, 0.4) is 0 Å². The second-order valence-corrected chi connectivity index (χ2v) is 5.67. The molecule has 0 atom stereocenters. The third-order valence-corrected chi connectivity index (χ3v) is 3.72. The number of nitrogens with zero attached hydrogens (tertiary/aromatic N) is 2. The minimum Gasteiger partial charge on any atom is -0.369 e. The summed E-state index contributed by atoms with van der Waals surface area (Å²) in [7, 11) is 0. The van der Waals surface area contributed by atoms with E-state index in [1.165, 1.54) is 0 Å². The van der Waals surface area contributed by atoms with Crippen molar-refractivity contribution >= 4 is 27.7 Å². The number of hydrogen-bond acceptors (Lipinski definition) is 4. The van der Waals surface area contributed by atoms with Crippen molar-refractivity contribution in [3.05, 3.63) is 28.5 Å². The Balaban J connectivity index is 1.83. The molecule has 3 N–H and O–H groups in total. The largest absolute Gasteiger partial charge is 0.369 e. The maximum absolute atomic E-state index is 12.1. The van der Waals surface area contributed by atoms with Gasteiger partial charge >= 0.3 is 0 Å². The number of piperidine rings is 1. The average molecular weight is 341 g/mol. The molecule has 0 aromatic carbocycles. The molecule has 1 fully saturated rings. The summed E-state index contributed by atoms with van der Waals surface area (Å²) in [6.45, 7) is 1.83. The number of nitrogens with one attached hydrogen (secondary N) is 1. The highest BCUT2D eigenvalue weighted by Crippen LogP contribution is 2.12. The zero-order valence-electron chi connectivity index (χ0n) is 11.0. The van der Waals surface area contributed by atoms with Gasteiger partial charge in [0.25, 0.3) is 5.91 Å². The Morgan fingerprint density at radius 3 is 2.75 bits per heavy atom. The quantitative estimate of drug-likeness (QED) is 0.782. The third kappa shape index (κ3) is 4.28. The van der Waals surface area contributed by atoms with Crippen molar-refractivity contribution in [2.45, 2.75) is 18.9 Å². The second-order valence-electron chi connectivity index (χ2n) is 4.86. The summed E-state index contributed by atoms with van der Waals surface area (Å²) in [5.74, 6) is -0.407. The molecular weight excluding hydrogens is 324 g/mol. The summed E-state index contributed by atoms with van der Waals surface area (Å²) in [6, 6.07) is 3.51. The van der Waals surface area contributed by atoms with Crippen molar-refractivity contribution in [1.29, 1.82) is 0 Å². The van der Waals surface area contributed by atoms with Crippen LogP contribution in [0.1, 0.15) is 23.2 Å². The number of halogens is 1. The number of nitrogens with two attached hydrogens (primary N) is 1. The Labute approximate surface area is 125 Å². The smallest absolute Gasteiger partial charge is 0.251 e. The fourth-order valence-electron chi connectivity index (χ4n) is 2.27. The van der Waals surface area contributed by atoms with Gasteiger partial charge in [0.2, 0.25) is 5.91 Å². The number of amides is 2. The highest BCUT2D eigenvalue weighted by atomic mass is 79.9. The SMILES string of the molecule is NC(=O)CN1CCC(NC(=O)c2ccnc(Br)c2)CC1. The monoisotopic (exact) mass is 340 g/mol. The zero-order chi connectivity index (χ0) is 14.5. The first-order chi connectivity index (χ1) is 9.54. The maximum Gasteiger partial charge on any atom is 0.251 e. The molecule has 0 radical (unpaired) electrons. The number of carbonyl (C=O) groups is 2. The second kappa shape index (κ2) is 6.81. The van der Waals surface area contributed by atoms with E-state index in [-0.39, 0.29) is 24.4 Å². The van der Waals surface area contributed by atoms with Gasteiger partial charge in [0.1, 0.15) is 4.60 Å². The van der Waals surface area contributed by atoms with Gasteiger partial charge in [-0.25, -0.2) is 4.98 Å². The first-order valence-electron chi connectivity index (χ1n) is 6.47. The molecule has 1 saturated heterocycles. The van der Waals surface area contributed by atoms with Gasteiger partial charge in [-0.3, -0.25) is 14.5 Å². The molecule has 0 saturated carbocycles. The van der Waals surface area contributed by atoms with Crippen LogP contribution in [0.4, 0.5) is 0 Å². The summed E-state index contributed by atoms with van der Waals surface area (Å²) >= 11 is 3.24. The molecule has 0 aliphatic carbocycles. The Morgan fingerprint density at radius 2 is 2.15 bits per heavy atom. The Hall–Kier alpha value is -1.47. The molecule has 7 heteroatoms. The van der Waals surface area contributed by atoms with Crippen LogP contribution in [0.25, 0.3) is 0 Å². The molecule has 2 rings (SSSR count). The highest BCUT2D eigenvalue weighted by Gasteiger charge is 2.21. The summed E-state index contributed by atoms with van der Waals surface area (Å²) in [5.41, 5.74) is 5.76. The highest BCUT2D eigenvalue weighted by molar-refractivity contribution is 9.10. The molecule has 1 aromatic rings. The van der Waals surface area contributed by atoms with E-state index >= 15 is 0 Å². The van der Waals surface area contributed by atoms with E-state index in [4.69, 9.17) is 5.73 Å². The van der Waals surface area contributed by atoms with Crippen molar-refractivity contribution < 1.29 is 9.59 Å². The topological polar surface area (TPSA) is 88.3 Å². The van der Waals surface area contributed by atoms with E-state index in [1.807, 2.05) is 4.90 Å². The molecule has 0 unspecified atom stereocenters. The molecule has 108 valence electrons. The van der Waals surface area contributed by atoms with Gasteiger partial charge in [-0.2, -0.15) is 0 Å². The van der Waals surface area contributed by atoms with Crippen molar-refractivity contribution in [1.82, 2.24) is 15.2 Å². The first kappa shape index (κ1) is 14.9. The van der Waals surface area contributed by atoms with Gasteiger partial charge in [0.05, 0.1) is 6.54 Å². The third-order valence-electron chi connectivity index (χ3n) is 3.29. The lowest BCUT2D eigenvalue weighted by Gasteiger charge is -2.31. The number of carbonyl (C=O) groups excluding carboxylic acids is 2. The van der Waals surface area contributed by atoms with E-state index in [9.17, 15) is 9.59 Å². The Kier molecular flexibility index (Phi) is 5.08. The van der Waals surface area contributed by atoms with E-state index in [0.29, 0.717) is 10.2 Å². The summed E-state index contributed by atoms with van der Waals surface area (Å²) in [5, 5.41) is 3.01. The molecule has 2 heterocycles. The number of rotatable bonds is 4. The van der Waals surface area contributed by atoms with Crippen molar-refractivity contribution in [2.75, 3.05) is 19.6 Å². The molecule has 1 aliphatic heterocycles. The van der Waals surface area contributed by atoms with Gasteiger partial charge in [0, 0.05) is 30.9 Å². The Bertz CT molecular complexity index is 501. The van der Waals surface area contributed by atoms with Crippen LogP contribution < -0.4 is 11.1 Å². The lowest BCUT2D eigenvalue weighted by molar-refractivity contribution is -0.119. The predicted octanol–water partition coefficient (Wildman–Crippen LogP) is 0.524. The van der Waals surface area contributed by atoms with Crippen molar-refractivity contribution in [2.24, 2.45) is 5.73 Å². The molecule has 0 bridgehead atoms. The fourth-order valence-corrected chi connectivity index (χ4v) is 2.63. The van der Waals surface area contributed by atoms with Crippen LogP contribution in [-0.2, 0) is 4.79 Å². The van der Waals surface area contributed by atoms with E-state index in [0.717, 1.165) is 25.9 Å². The lowest BCUT2D eigenvalue weighted by Crippen LogP contribution is -2.46. The van der Waals surface area contributed by atoms with Crippen LogP contribution in [0.15, 0.2) is 22.9 Å². The van der Waals surface area contributed by atoms with Crippen molar-refractivity contribution in [3.63, 3.8) is 0 Å². The van der Waals surface area contributed by atoms with Crippen LogP contribution in [0, 0.1) is 0 Å². The molecule has 6 nitrogen and oxygen atoms in total. The van der Waals surface area contributed by atoms with E-state index in [2.05, 4.69) is 26.2 Å². The summed E-state index contributed by atoms with van der Waals surface area (Å²) < 4.78 is 0.640. The molecule has 2 amide bonds. The number of likely N-dealkylation sites (tertiary alicyclic amines) is 1. The average Bonchev–Trinajstić information content (AvgIpc) is 2.40. The molecule has 1 aliphatic rings. The lowest BCUT2D eigenvalue weighted by atomic mass is 10.0. The van der Waals surface area contributed by atoms with Crippen LogP contribution in [0.5, 0.6) is 0 Å². The standard InChI is InChI=1S/C13H17BrN4O2/c14-11-7-9(1-4-16-11)13(20)17-10-2-5-18(6-3-10)8-12(15)19/h1,4,7,10H,2-3,5-6,8H2,(H2,15,19)(H,17,20). The number of aromatic nitrogens is 1. The molecule has 20 heavy (non-hydrogen) atoms. The predicted molar refractivity (Wildman–Crippen MR) is 78.1 cm³/mol. The van der Waals surface area contributed by atoms with Crippen molar-refractivity contribution in [3.8, 4) is 0 Å².